The molecule has 0 saturated heterocycles. The highest BCUT2D eigenvalue weighted by molar-refractivity contribution is 6.65. The van der Waals surface area contributed by atoms with Gasteiger partial charge in [0.2, 0.25) is 0 Å². The van der Waals surface area contributed by atoms with Crippen molar-refractivity contribution >= 4 is 16.8 Å². The molecule has 0 aromatic heterocycles. The monoisotopic (exact) mass is 262 g/mol. The lowest BCUT2D eigenvalue weighted by Gasteiger charge is -2.20. The van der Waals surface area contributed by atoms with Crippen LogP contribution in [-0.4, -0.2) is 11.4 Å². The lowest BCUT2D eigenvalue weighted by Crippen LogP contribution is -2.31. The van der Waals surface area contributed by atoms with Gasteiger partial charge in [-0.1, -0.05) is 32.9 Å². The lowest BCUT2D eigenvalue weighted by molar-refractivity contribution is -0.181. The van der Waals surface area contributed by atoms with Crippen LogP contribution in [-0.2, 0) is 10.2 Å². The zero-order valence-corrected chi connectivity index (χ0v) is 10.5. The number of hydrogen-bond donors (Lipinski definition) is 0. The highest BCUT2D eigenvalue weighted by atomic mass is 35.5. The van der Waals surface area contributed by atoms with Gasteiger partial charge in [-0.05, 0) is 34.7 Å². The predicted molar refractivity (Wildman–Crippen MR) is 61.6 cm³/mol. The molecule has 2 nitrogen and oxygen atoms in total. The molecule has 0 aliphatic rings. The summed E-state index contributed by atoms with van der Waals surface area (Å²) in [6.45, 7) is 6.00. The third-order valence-corrected chi connectivity index (χ3v) is 2.42. The van der Waals surface area contributed by atoms with E-state index in [4.69, 9.17) is 11.6 Å². The number of carbonyl (C=O) groups is 1. The summed E-state index contributed by atoms with van der Waals surface area (Å²) in [4.78, 5) is 10.4. The molecule has 0 spiro atoms. The van der Waals surface area contributed by atoms with Gasteiger partial charge in [-0.3, -0.25) is 4.79 Å². The van der Waals surface area contributed by atoms with E-state index in [1.54, 1.807) is 12.1 Å². The molecule has 0 radical (unpaired) electrons. The largest absolute Gasteiger partial charge is 0.477 e. The Labute approximate surface area is 104 Å². The first-order valence-corrected chi connectivity index (χ1v) is 5.38. The maximum absolute atomic E-state index is 12.9. The molecule has 0 unspecified atom stereocenters. The predicted octanol–water partition coefficient (Wildman–Crippen LogP) is 3.72. The smallest absolute Gasteiger partial charge is 0.426 e. The summed E-state index contributed by atoms with van der Waals surface area (Å²) in [5.74, 6) is -0.1000. The highest BCUT2D eigenvalue weighted by Crippen LogP contribution is 2.27. The molecule has 0 amide bonds. The summed E-state index contributed by atoms with van der Waals surface area (Å²) in [5.41, 5.74) is 0.897. The number of ether oxygens (including phenoxy) is 1. The fourth-order valence-corrected chi connectivity index (χ4v) is 1.25. The Bertz CT molecular complexity index is 408. The van der Waals surface area contributed by atoms with Crippen molar-refractivity contribution in [1.29, 1.82) is 0 Å². The molecule has 0 N–H and O–H groups in total. The molecule has 0 aliphatic carbocycles. The Morgan fingerprint density at radius 3 is 2.00 bits per heavy atom. The van der Waals surface area contributed by atoms with Crippen molar-refractivity contribution in [3.05, 3.63) is 29.8 Å². The van der Waals surface area contributed by atoms with Crippen LogP contribution < -0.4 is 4.74 Å². The molecule has 0 fully saturated rings. The molecule has 0 aliphatic heterocycles. The molecule has 94 valence electrons. The number of benzene rings is 1. The molecule has 1 aromatic rings. The van der Waals surface area contributed by atoms with Crippen molar-refractivity contribution in [3.63, 3.8) is 0 Å². The van der Waals surface area contributed by atoms with E-state index in [9.17, 15) is 13.6 Å². The van der Waals surface area contributed by atoms with Crippen LogP contribution in [0.3, 0.4) is 0 Å². The first-order valence-electron chi connectivity index (χ1n) is 5.00. The van der Waals surface area contributed by atoms with Gasteiger partial charge in [-0.15, -0.1) is 0 Å². The van der Waals surface area contributed by atoms with Crippen LogP contribution in [0.1, 0.15) is 26.3 Å². The van der Waals surface area contributed by atoms with Crippen molar-refractivity contribution in [2.24, 2.45) is 0 Å². The second-order valence-electron chi connectivity index (χ2n) is 4.67. The minimum Gasteiger partial charge on any atom is -0.426 e. The van der Waals surface area contributed by atoms with Crippen LogP contribution >= 0.6 is 11.6 Å². The zero-order chi connectivity index (χ0) is 13.3. The summed E-state index contributed by atoms with van der Waals surface area (Å²) in [5, 5.41) is -1.84. The Morgan fingerprint density at radius 1 is 1.18 bits per heavy atom. The average Bonchev–Trinajstić information content (AvgIpc) is 2.16. The van der Waals surface area contributed by atoms with Crippen molar-refractivity contribution in [3.8, 4) is 5.75 Å². The van der Waals surface area contributed by atoms with E-state index in [1.807, 2.05) is 20.8 Å². The van der Waals surface area contributed by atoms with Gasteiger partial charge in [-0.2, -0.15) is 8.78 Å². The van der Waals surface area contributed by atoms with E-state index in [0.717, 1.165) is 5.56 Å². The summed E-state index contributed by atoms with van der Waals surface area (Å²) in [6.07, 6.45) is -4.00. The number of rotatable bonds is 3. The maximum Gasteiger partial charge on any atom is 0.477 e. The lowest BCUT2D eigenvalue weighted by atomic mass is 9.87. The summed E-state index contributed by atoms with van der Waals surface area (Å²) in [6, 6.07) is 6.11. The molecule has 0 heterocycles. The summed E-state index contributed by atoms with van der Waals surface area (Å²) >= 11 is 4.71. The van der Waals surface area contributed by atoms with Crippen molar-refractivity contribution in [2.45, 2.75) is 32.3 Å². The standard InChI is InChI=1S/C12H13ClF2O2/c1-11(2,3)8-4-6-9(7-5-8)17-12(14,15)10(13)16/h4-7H,1-3H3. The van der Waals surface area contributed by atoms with Crippen LogP contribution in [0.4, 0.5) is 8.78 Å². The molecule has 0 saturated carbocycles. The first kappa shape index (κ1) is 13.9. The van der Waals surface area contributed by atoms with Crippen LogP contribution in [0.2, 0.25) is 0 Å². The Hall–Kier alpha value is -1.16. The van der Waals surface area contributed by atoms with Gasteiger partial charge >= 0.3 is 11.4 Å². The summed E-state index contributed by atoms with van der Waals surface area (Å²) in [7, 11) is 0. The second kappa shape index (κ2) is 4.61. The molecule has 1 aromatic carbocycles. The van der Waals surface area contributed by atoms with Gasteiger partial charge in [0, 0.05) is 0 Å². The normalized spacial score (nSPS) is 12.4. The minimum atomic E-state index is -4.00. The Kier molecular flexibility index (Phi) is 3.77. The van der Waals surface area contributed by atoms with Crippen LogP contribution in [0.15, 0.2) is 24.3 Å². The number of carbonyl (C=O) groups excluding carboxylic acids is 1. The maximum atomic E-state index is 12.9. The van der Waals surface area contributed by atoms with E-state index < -0.39 is 11.4 Å². The van der Waals surface area contributed by atoms with Crippen LogP contribution in [0.5, 0.6) is 5.75 Å². The van der Waals surface area contributed by atoms with Gasteiger partial charge in [-0.25, -0.2) is 0 Å². The minimum absolute atomic E-state index is 0.0800. The van der Waals surface area contributed by atoms with Gasteiger partial charge in [0.1, 0.15) is 5.75 Å². The third-order valence-electron chi connectivity index (χ3n) is 2.20. The molecule has 17 heavy (non-hydrogen) atoms. The Morgan fingerprint density at radius 2 is 1.65 bits per heavy atom. The van der Waals surface area contributed by atoms with Crippen LogP contribution in [0.25, 0.3) is 0 Å². The average molecular weight is 263 g/mol. The number of alkyl halides is 2. The van der Waals surface area contributed by atoms with Gasteiger partial charge < -0.3 is 4.74 Å². The van der Waals surface area contributed by atoms with Gasteiger partial charge in [0.15, 0.2) is 0 Å². The van der Waals surface area contributed by atoms with E-state index in [1.165, 1.54) is 12.1 Å². The van der Waals surface area contributed by atoms with E-state index in [0.29, 0.717) is 0 Å². The second-order valence-corrected chi connectivity index (χ2v) is 5.01. The fourth-order valence-electron chi connectivity index (χ4n) is 1.21. The Balaban J connectivity index is 2.86. The number of hydrogen-bond acceptors (Lipinski definition) is 2. The number of halogens is 3. The SMILES string of the molecule is CC(C)(C)c1ccc(OC(F)(F)C(=O)Cl)cc1. The zero-order valence-electron chi connectivity index (χ0n) is 9.76. The van der Waals surface area contributed by atoms with Gasteiger partial charge in [0.25, 0.3) is 0 Å². The van der Waals surface area contributed by atoms with Crippen LogP contribution in [0, 0.1) is 0 Å². The third kappa shape index (κ3) is 3.66. The molecular weight excluding hydrogens is 250 g/mol. The quantitative estimate of drug-likeness (QED) is 0.776. The first-order chi connectivity index (χ1) is 7.63. The van der Waals surface area contributed by atoms with E-state index in [-0.39, 0.29) is 11.2 Å². The van der Waals surface area contributed by atoms with Crippen molar-refractivity contribution < 1.29 is 18.3 Å². The van der Waals surface area contributed by atoms with Gasteiger partial charge in [0.05, 0.1) is 0 Å². The molecular formula is C12H13ClF2O2. The highest BCUT2D eigenvalue weighted by Gasteiger charge is 2.40. The van der Waals surface area contributed by atoms with Crippen molar-refractivity contribution in [1.82, 2.24) is 0 Å². The molecule has 0 atom stereocenters. The molecule has 0 bridgehead atoms. The van der Waals surface area contributed by atoms with E-state index in [2.05, 4.69) is 4.74 Å². The fraction of sp³-hybridized carbons (Fsp3) is 0.417. The van der Waals surface area contributed by atoms with E-state index >= 15 is 0 Å². The topological polar surface area (TPSA) is 26.3 Å². The molecule has 1 rings (SSSR count). The van der Waals surface area contributed by atoms with Crippen molar-refractivity contribution in [2.75, 3.05) is 0 Å². The molecule has 5 heteroatoms. The summed E-state index contributed by atoms with van der Waals surface area (Å²) < 4.78 is 29.9.